The molecule has 228 valence electrons. The summed E-state index contributed by atoms with van der Waals surface area (Å²) >= 11 is 5.04. The smallest absolute Gasteiger partial charge is 0.391 e. The monoisotopic (exact) mass is 647 g/mol. The first-order chi connectivity index (χ1) is 16.4. The van der Waals surface area contributed by atoms with Crippen molar-refractivity contribution in [3.8, 4) is 0 Å². The topological polar surface area (TPSA) is 70.1 Å². The number of aliphatic hydroxyl groups is 1. The van der Waals surface area contributed by atoms with Gasteiger partial charge in [-0.05, 0) is 0 Å². The minimum Gasteiger partial charge on any atom is -0.391 e. The summed E-state index contributed by atoms with van der Waals surface area (Å²) in [4.78, 5) is 0. The van der Waals surface area contributed by atoms with E-state index in [-0.39, 0.29) is 0 Å². The maximum atomic E-state index is 14.3. The number of epoxide rings is 1. The first-order valence-corrected chi connectivity index (χ1v) is 11.0. The van der Waals surface area contributed by atoms with Crippen LogP contribution in [-0.4, -0.2) is 103 Å². The molecule has 1 aliphatic rings. The molecule has 0 aliphatic carbocycles. The van der Waals surface area contributed by atoms with Gasteiger partial charge in [0, 0.05) is 19.0 Å². The molecule has 1 aliphatic heterocycles. The van der Waals surface area contributed by atoms with Crippen molar-refractivity contribution in [2.45, 2.75) is 59.2 Å². The van der Waals surface area contributed by atoms with E-state index in [1.165, 1.54) is 0 Å². The van der Waals surface area contributed by atoms with Crippen LogP contribution in [-0.2, 0) is 14.8 Å². The number of hydrogen-bond donors (Lipinski definition) is 1. The van der Waals surface area contributed by atoms with Crippen molar-refractivity contribution in [2.24, 2.45) is 0 Å². The molecule has 5 nitrogen and oxygen atoms in total. The highest BCUT2D eigenvalue weighted by Gasteiger charge is 2.96. The van der Waals surface area contributed by atoms with E-state index in [9.17, 15) is 88.2 Å². The number of hydrogen-bond acceptors (Lipinski definition) is 4. The number of alkyl halides is 18. The summed E-state index contributed by atoms with van der Waals surface area (Å²) in [6, 6.07) is 0. The lowest BCUT2D eigenvalue weighted by Crippen LogP contribution is -2.75. The number of sulfonamides is 1. The summed E-state index contributed by atoms with van der Waals surface area (Å²) in [7, 11) is -7.52. The second-order valence-electron chi connectivity index (χ2n) is 7.55. The van der Waals surface area contributed by atoms with E-state index >= 15 is 0 Å². The number of nitrogens with zero attached hydrogens (tertiary/aromatic N) is 1. The Bertz CT molecular complexity index is 966. The zero-order valence-electron chi connectivity index (χ0n) is 17.3. The minimum atomic E-state index is -8.92. The number of ether oxygens (including phenoxy) is 1. The van der Waals surface area contributed by atoms with E-state index in [2.05, 4.69) is 4.74 Å². The van der Waals surface area contributed by atoms with Crippen LogP contribution in [0.15, 0.2) is 0 Å². The van der Waals surface area contributed by atoms with Crippen LogP contribution in [0.1, 0.15) is 0 Å². The summed E-state index contributed by atoms with van der Waals surface area (Å²) in [6.07, 6.45) is -11.6. The molecular weight excluding hydrogens is 637 g/mol. The van der Waals surface area contributed by atoms with Crippen molar-refractivity contribution in [1.82, 2.24) is 4.31 Å². The molecule has 1 saturated heterocycles. The first-order valence-electron chi connectivity index (χ1n) is 9.00. The number of aliphatic hydroxyl groups excluding tert-OH is 1. The highest BCUT2D eigenvalue weighted by atomic mass is 35.5. The average molecular weight is 648 g/mol. The van der Waals surface area contributed by atoms with E-state index in [1.54, 1.807) is 0 Å². The van der Waals surface area contributed by atoms with Crippen molar-refractivity contribution in [1.29, 1.82) is 0 Å². The SMILES string of the molecule is O=S(=O)(N(CC(O)CCl)CC1CO1)C(F)(F)C(F)(F)C(F)(F)C(F)(F)C(F)(F)C(F)(F)C(F)(F)C(F)(F)F. The molecule has 0 saturated carbocycles. The summed E-state index contributed by atoms with van der Waals surface area (Å²) in [5.41, 5.74) is 0. The molecule has 1 heterocycles. The number of rotatable bonds is 13. The van der Waals surface area contributed by atoms with Crippen molar-refractivity contribution in [2.75, 3.05) is 25.6 Å². The van der Waals surface area contributed by atoms with Crippen LogP contribution < -0.4 is 0 Å². The van der Waals surface area contributed by atoms with Gasteiger partial charge in [-0.1, -0.05) is 0 Å². The predicted octanol–water partition coefficient (Wildman–Crippen LogP) is 4.58. The van der Waals surface area contributed by atoms with Crippen molar-refractivity contribution in [3.05, 3.63) is 0 Å². The molecule has 2 atom stereocenters. The lowest BCUT2D eigenvalue weighted by molar-refractivity contribution is -0.458. The summed E-state index contributed by atoms with van der Waals surface area (Å²) in [6.45, 7) is -3.78. The van der Waals surface area contributed by atoms with Gasteiger partial charge in [0.2, 0.25) is 0 Å². The van der Waals surface area contributed by atoms with Gasteiger partial charge in [0.1, 0.15) is 0 Å². The van der Waals surface area contributed by atoms with Gasteiger partial charge in [-0.15, -0.1) is 11.6 Å². The van der Waals surface area contributed by atoms with Crippen molar-refractivity contribution in [3.63, 3.8) is 0 Å². The molecule has 1 fully saturated rings. The van der Waals surface area contributed by atoms with Gasteiger partial charge in [-0.25, -0.2) is 8.42 Å². The van der Waals surface area contributed by atoms with E-state index < -0.39 is 99.1 Å². The minimum absolute atomic E-state index is 0.506. The fourth-order valence-corrected chi connectivity index (χ4v) is 4.03. The Morgan fingerprint density at radius 1 is 0.737 bits per heavy atom. The van der Waals surface area contributed by atoms with Gasteiger partial charge in [0.25, 0.3) is 10.0 Å². The molecule has 1 N–H and O–H groups in total. The zero-order valence-corrected chi connectivity index (χ0v) is 18.9. The second kappa shape index (κ2) is 9.79. The Morgan fingerprint density at radius 3 is 1.39 bits per heavy atom. The molecule has 38 heavy (non-hydrogen) atoms. The summed E-state index contributed by atoms with van der Waals surface area (Å²) in [5, 5.41) is 1.59. The molecule has 0 spiro atoms. The van der Waals surface area contributed by atoms with Crippen LogP contribution in [0.3, 0.4) is 0 Å². The normalized spacial score (nSPS) is 20.2. The quantitative estimate of drug-likeness (QED) is 0.181. The molecule has 0 amide bonds. The molecule has 0 radical (unpaired) electrons. The van der Waals surface area contributed by atoms with Crippen LogP contribution in [0.5, 0.6) is 0 Å². The lowest BCUT2D eigenvalue weighted by Gasteiger charge is -2.43. The maximum Gasteiger partial charge on any atom is 0.460 e. The number of halogens is 18. The molecule has 0 aromatic rings. The summed E-state index contributed by atoms with van der Waals surface area (Å²) < 4.78 is 255. The van der Waals surface area contributed by atoms with Gasteiger partial charge in [0.05, 0.1) is 18.8 Å². The Labute approximate surface area is 204 Å². The Kier molecular flexibility index (Phi) is 9.00. The second-order valence-corrected chi connectivity index (χ2v) is 9.83. The van der Waals surface area contributed by atoms with Crippen LogP contribution in [0, 0.1) is 0 Å². The Balaban J connectivity index is 3.71. The summed E-state index contributed by atoms with van der Waals surface area (Å²) in [5.74, 6) is -53.1. The van der Waals surface area contributed by atoms with Crippen LogP contribution in [0.25, 0.3) is 0 Å². The highest BCUT2D eigenvalue weighted by Crippen LogP contribution is 2.64. The van der Waals surface area contributed by atoms with Crippen LogP contribution in [0.2, 0.25) is 0 Å². The zero-order chi connectivity index (χ0) is 30.8. The van der Waals surface area contributed by atoms with Gasteiger partial charge in [-0.3, -0.25) is 0 Å². The first kappa shape index (κ1) is 35.0. The van der Waals surface area contributed by atoms with E-state index in [1.807, 2.05) is 0 Å². The maximum absolute atomic E-state index is 14.3. The van der Waals surface area contributed by atoms with Gasteiger partial charge in [-0.2, -0.15) is 78.9 Å². The highest BCUT2D eigenvalue weighted by molar-refractivity contribution is 7.90. The largest absolute Gasteiger partial charge is 0.460 e. The third-order valence-electron chi connectivity index (χ3n) is 4.76. The van der Waals surface area contributed by atoms with E-state index in [4.69, 9.17) is 11.6 Å². The Hall–Kier alpha value is -1.07. The third kappa shape index (κ3) is 4.97. The van der Waals surface area contributed by atoms with Crippen molar-refractivity contribution < 1.29 is 92.9 Å². The van der Waals surface area contributed by atoms with Crippen LogP contribution in [0.4, 0.5) is 74.6 Å². The lowest BCUT2D eigenvalue weighted by atomic mass is 9.91. The molecule has 0 bridgehead atoms. The molecule has 0 aromatic carbocycles. The molecule has 24 heteroatoms. The molecule has 0 aromatic heterocycles. The van der Waals surface area contributed by atoms with Gasteiger partial charge in [0.15, 0.2) is 0 Å². The van der Waals surface area contributed by atoms with E-state index in [0.717, 1.165) is 0 Å². The van der Waals surface area contributed by atoms with Gasteiger partial charge >= 0.3 is 47.0 Å². The fraction of sp³-hybridized carbons (Fsp3) is 1.00. The standard InChI is InChI=1S/C14H11ClF17NO4S/c15-1-5(34)2-33(3-6-4-37-6)38(35,36)14(31,32)12(26,27)10(22,23)8(18,19)7(16,17)9(20,21)11(24,25)13(28,29)30/h5-6,34H,1-4H2. The molecular formula is C14H11ClF17NO4S. The van der Waals surface area contributed by atoms with Crippen molar-refractivity contribution >= 4 is 21.6 Å². The van der Waals surface area contributed by atoms with Crippen LogP contribution >= 0.6 is 11.6 Å². The third-order valence-corrected chi connectivity index (χ3v) is 7.00. The average Bonchev–Trinajstić information content (AvgIpc) is 3.55. The fourth-order valence-electron chi connectivity index (χ4n) is 2.43. The van der Waals surface area contributed by atoms with Gasteiger partial charge < -0.3 is 9.84 Å². The predicted molar refractivity (Wildman–Crippen MR) is 87.6 cm³/mol. The Morgan fingerprint density at radius 2 is 1.08 bits per heavy atom. The molecule has 2 unspecified atom stereocenters. The molecule has 1 rings (SSSR count). The van der Waals surface area contributed by atoms with E-state index in [0.29, 0.717) is 0 Å².